The van der Waals surface area contributed by atoms with Crippen LogP contribution in [0.25, 0.3) is 11.1 Å². The van der Waals surface area contributed by atoms with E-state index in [0.29, 0.717) is 23.6 Å². The molecule has 0 radical (unpaired) electrons. The third kappa shape index (κ3) is 2.48. The summed E-state index contributed by atoms with van der Waals surface area (Å²) in [5, 5.41) is 7.65. The number of ether oxygens (including phenoxy) is 1. The van der Waals surface area contributed by atoms with Gasteiger partial charge in [0.2, 0.25) is 10.9 Å². The molecule has 3 aromatic rings. The van der Waals surface area contributed by atoms with E-state index in [1.807, 2.05) is 18.2 Å². The van der Waals surface area contributed by atoms with Crippen molar-refractivity contribution in [2.24, 2.45) is 7.05 Å². The van der Waals surface area contributed by atoms with Gasteiger partial charge in [0.25, 0.3) is 10.0 Å². The van der Waals surface area contributed by atoms with Gasteiger partial charge in [-0.3, -0.25) is 0 Å². The summed E-state index contributed by atoms with van der Waals surface area (Å²) in [6, 6.07) is 6.64. The van der Waals surface area contributed by atoms with Crippen LogP contribution in [0.2, 0.25) is 0 Å². The smallest absolute Gasteiger partial charge is 0.264 e. The Morgan fingerprint density at radius 1 is 1.29 bits per heavy atom. The van der Waals surface area contributed by atoms with Crippen LogP contribution in [0.1, 0.15) is 11.9 Å². The van der Waals surface area contributed by atoms with Gasteiger partial charge in [0.15, 0.2) is 5.58 Å². The second kappa shape index (κ2) is 5.65. The third-order valence-corrected chi connectivity index (χ3v) is 5.60. The van der Waals surface area contributed by atoms with E-state index >= 15 is 0 Å². The third-order valence-electron chi connectivity index (χ3n) is 3.83. The molecule has 1 aromatic carbocycles. The normalized spacial score (nSPS) is 19.8. The molecular formula is C14H15N5O4S. The number of hydrogen-bond donors (Lipinski definition) is 0. The van der Waals surface area contributed by atoms with Crippen molar-refractivity contribution in [1.82, 2.24) is 24.3 Å². The number of para-hydroxylation sites is 2. The maximum absolute atomic E-state index is 12.9. The highest BCUT2D eigenvalue weighted by Gasteiger charge is 2.39. The molecule has 10 heteroatoms. The Bertz CT molecular complexity index is 947. The zero-order valence-corrected chi connectivity index (χ0v) is 13.7. The van der Waals surface area contributed by atoms with E-state index in [1.54, 1.807) is 13.1 Å². The summed E-state index contributed by atoms with van der Waals surface area (Å²) in [7, 11) is -2.25. The first-order chi connectivity index (χ1) is 11.6. The topological polar surface area (TPSA) is 103 Å². The number of nitrogens with zero attached hydrogens (tertiary/aromatic N) is 5. The van der Waals surface area contributed by atoms with Crippen LogP contribution in [0, 0.1) is 0 Å². The van der Waals surface area contributed by atoms with Gasteiger partial charge in [-0.1, -0.05) is 12.1 Å². The van der Waals surface area contributed by atoms with Crippen molar-refractivity contribution in [2.75, 3.05) is 19.8 Å². The van der Waals surface area contributed by atoms with Crippen molar-refractivity contribution >= 4 is 21.1 Å². The number of aromatic nitrogens is 4. The number of hydrogen-bond acceptors (Lipinski definition) is 7. The van der Waals surface area contributed by atoms with Gasteiger partial charge in [0, 0.05) is 13.6 Å². The predicted octanol–water partition coefficient (Wildman–Crippen LogP) is 0.719. The molecule has 1 unspecified atom stereocenters. The van der Waals surface area contributed by atoms with E-state index in [1.165, 1.54) is 15.3 Å². The first kappa shape index (κ1) is 15.2. The predicted molar refractivity (Wildman–Crippen MR) is 82.5 cm³/mol. The number of benzene rings is 1. The maximum atomic E-state index is 12.9. The van der Waals surface area contributed by atoms with Gasteiger partial charge >= 0.3 is 0 Å². The number of oxazole rings is 1. The zero-order chi connectivity index (χ0) is 16.7. The van der Waals surface area contributed by atoms with Crippen LogP contribution in [0.5, 0.6) is 0 Å². The van der Waals surface area contributed by atoms with Gasteiger partial charge in [-0.2, -0.15) is 14.2 Å². The van der Waals surface area contributed by atoms with Gasteiger partial charge in [0.05, 0.1) is 19.4 Å². The molecule has 0 saturated carbocycles. The summed E-state index contributed by atoms with van der Waals surface area (Å²) in [5.41, 5.74) is 1.28. The van der Waals surface area contributed by atoms with E-state index < -0.39 is 16.1 Å². The summed E-state index contributed by atoms with van der Waals surface area (Å²) in [4.78, 5) is 5.62. The quantitative estimate of drug-likeness (QED) is 0.686. The maximum Gasteiger partial charge on any atom is 0.264 e. The van der Waals surface area contributed by atoms with E-state index in [-0.39, 0.29) is 18.2 Å². The second-order valence-electron chi connectivity index (χ2n) is 5.40. The minimum Gasteiger partial charge on any atom is -0.439 e. The fourth-order valence-corrected chi connectivity index (χ4v) is 4.11. The van der Waals surface area contributed by atoms with Crippen LogP contribution in [0.3, 0.4) is 0 Å². The highest BCUT2D eigenvalue weighted by molar-refractivity contribution is 7.89. The van der Waals surface area contributed by atoms with E-state index in [4.69, 9.17) is 9.15 Å². The van der Waals surface area contributed by atoms with E-state index in [9.17, 15) is 8.42 Å². The van der Waals surface area contributed by atoms with Crippen LogP contribution in [-0.2, 0) is 21.8 Å². The molecular weight excluding hydrogens is 334 g/mol. The Balaban J connectivity index is 1.75. The van der Waals surface area contributed by atoms with Crippen molar-refractivity contribution in [2.45, 2.75) is 11.1 Å². The molecule has 9 nitrogen and oxygen atoms in total. The molecule has 0 aliphatic carbocycles. The highest BCUT2D eigenvalue weighted by Crippen LogP contribution is 2.30. The Kier molecular flexibility index (Phi) is 3.59. The molecule has 1 atom stereocenters. The van der Waals surface area contributed by atoms with Crippen molar-refractivity contribution in [1.29, 1.82) is 0 Å². The van der Waals surface area contributed by atoms with Crippen molar-refractivity contribution in [3.63, 3.8) is 0 Å². The van der Waals surface area contributed by atoms with Crippen LogP contribution in [0.15, 0.2) is 39.9 Å². The molecule has 2 aromatic heterocycles. The lowest BCUT2D eigenvalue weighted by Gasteiger charge is -2.31. The molecule has 0 bridgehead atoms. The monoisotopic (exact) mass is 349 g/mol. The molecule has 1 saturated heterocycles. The molecule has 24 heavy (non-hydrogen) atoms. The molecule has 1 aliphatic rings. The highest BCUT2D eigenvalue weighted by atomic mass is 32.2. The van der Waals surface area contributed by atoms with Crippen LogP contribution in [0.4, 0.5) is 0 Å². The Morgan fingerprint density at radius 2 is 2.12 bits per heavy atom. The average molecular weight is 349 g/mol. The first-order valence-corrected chi connectivity index (χ1v) is 8.81. The SMILES string of the molecule is Cn1ncc(S(=O)(=O)N2CCOCC2c2nc3ccccc3o2)n1. The Morgan fingerprint density at radius 3 is 2.88 bits per heavy atom. The fourth-order valence-electron chi connectivity index (χ4n) is 2.67. The van der Waals surface area contributed by atoms with Gasteiger partial charge in [-0.15, -0.1) is 5.10 Å². The van der Waals surface area contributed by atoms with Crippen molar-refractivity contribution < 1.29 is 17.6 Å². The number of morpholine rings is 1. The summed E-state index contributed by atoms with van der Waals surface area (Å²) >= 11 is 0. The second-order valence-corrected chi connectivity index (χ2v) is 7.24. The number of rotatable bonds is 3. The Hall–Kier alpha value is -2.30. The van der Waals surface area contributed by atoms with Gasteiger partial charge in [0.1, 0.15) is 11.6 Å². The molecule has 0 spiro atoms. The lowest BCUT2D eigenvalue weighted by atomic mass is 10.3. The minimum absolute atomic E-state index is 0.104. The van der Waals surface area contributed by atoms with E-state index in [2.05, 4.69) is 15.2 Å². The van der Waals surface area contributed by atoms with Crippen LogP contribution >= 0.6 is 0 Å². The molecule has 1 fully saturated rings. The average Bonchev–Trinajstić information content (AvgIpc) is 3.21. The Labute approximate surface area is 137 Å². The van der Waals surface area contributed by atoms with Crippen molar-refractivity contribution in [3.05, 3.63) is 36.4 Å². The van der Waals surface area contributed by atoms with Gasteiger partial charge in [-0.05, 0) is 12.1 Å². The molecule has 126 valence electrons. The lowest BCUT2D eigenvalue weighted by molar-refractivity contribution is 0.0229. The van der Waals surface area contributed by atoms with E-state index in [0.717, 1.165) is 0 Å². The summed E-state index contributed by atoms with van der Waals surface area (Å²) in [6.07, 6.45) is 1.23. The fraction of sp³-hybridized carbons (Fsp3) is 0.357. The first-order valence-electron chi connectivity index (χ1n) is 7.37. The summed E-state index contributed by atoms with van der Waals surface area (Å²) < 4.78 is 38.3. The number of aryl methyl sites for hydroxylation is 1. The molecule has 1 aliphatic heterocycles. The summed E-state index contributed by atoms with van der Waals surface area (Å²) in [6.45, 7) is 0.671. The summed E-state index contributed by atoms with van der Waals surface area (Å²) in [5.74, 6) is 0.309. The number of fused-ring (bicyclic) bond motifs is 1. The zero-order valence-electron chi connectivity index (χ0n) is 12.9. The standard InChI is InChI=1S/C14H15N5O4S/c1-18-15-8-13(17-18)24(20,21)19-6-7-22-9-11(19)14-16-10-4-2-3-5-12(10)23-14/h2-5,8,11H,6-7,9H2,1H3. The largest absolute Gasteiger partial charge is 0.439 e. The van der Waals surface area contributed by atoms with Crippen LogP contribution in [-0.4, -0.2) is 52.5 Å². The number of sulfonamides is 1. The minimum atomic E-state index is -3.82. The van der Waals surface area contributed by atoms with Gasteiger partial charge in [-0.25, -0.2) is 13.4 Å². The lowest BCUT2D eigenvalue weighted by Crippen LogP contribution is -2.43. The molecule has 0 amide bonds. The van der Waals surface area contributed by atoms with Crippen molar-refractivity contribution in [3.8, 4) is 0 Å². The van der Waals surface area contributed by atoms with Crippen LogP contribution < -0.4 is 0 Å². The molecule has 3 heterocycles. The van der Waals surface area contributed by atoms with Gasteiger partial charge < -0.3 is 9.15 Å². The molecule has 4 rings (SSSR count). The molecule has 0 N–H and O–H groups in total.